The molecule has 4 aliphatic heterocycles. The average Bonchev–Trinajstić information content (AvgIpc) is 3.84. The Balaban J connectivity index is 0.766. The third kappa shape index (κ3) is 10.3. The van der Waals surface area contributed by atoms with Crippen LogP contribution in [-0.4, -0.2) is 114 Å². The fourth-order valence-corrected chi connectivity index (χ4v) is 13.3. The summed E-state index contributed by atoms with van der Waals surface area (Å²) < 4.78 is 33.2. The number of ether oxygens (including phenoxy) is 1. The number of carboxylic acid groups (broad SMARTS) is 2. The molecule has 1 aromatic heterocycles. The molecule has 0 aliphatic carbocycles. The predicted molar refractivity (Wildman–Crippen MR) is 260 cm³/mol. The minimum absolute atomic E-state index is 0.00929. The first kappa shape index (κ1) is 49.9. The lowest BCUT2D eigenvalue weighted by Crippen LogP contribution is -2.72. The number of aliphatic carboxylic acids is 1. The Morgan fingerprint density at radius 1 is 0.929 bits per heavy atom. The van der Waals surface area contributed by atoms with Crippen molar-refractivity contribution in [2.24, 2.45) is 0 Å². The Morgan fingerprint density at radius 2 is 1.70 bits per heavy atom. The second-order valence-corrected chi connectivity index (χ2v) is 21.5. The molecule has 5 heterocycles. The minimum atomic E-state index is -3.72. The van der Waals surface area contributed by atoms with E-state index in [4.69, 9.17) is 21.4 Å². The number of amides is 5. The van der Waals surface area contributed by atoms with Crippen LogP contribution in [0.1, 0.15) is 95.9 Å². The van der Waals surface area contributed by atoms with Crippen LogP contribution < -0.4 is 31.3 Å². The van der Waals surface area contributed by atoms with Crippen LogP contribution in [-0.2, 0) is 45.3 Å². The van der Waals surface area contributed by atoms with Gasteiger partial charge >= 0.3 is 11.9 Å². The highest BCUT2D eigenvalue weighted by Crippen LogP contribution is 2.53. The second kappa shape index (κ2) is 20.8. The maximum atomic E-state index is 13.9. The number of sulfonamides is 1. The van der Waals surface area contributed by atoms with Gasteiger partial charge in [-0.1, -0.05) is 48.7 Å². The van der Waals surface area contributed by atoms with E-state index in [9.17, 15) is 47.1 Å². The van der Waals surface area contributed by atoms with Crippen molar-refractivity contribution < 1.29 is 56.9 Å². The van der Waals surface area contributed by atoms with Crippen molar-refractivity contribution in [2.45, 2.75) is 94.1 Å². The molecule has 19 nitrogen and oxygen atoms in total. The van der Waals surface area contributed by atoms with E-state index in [0.717, 1.165) is 29.7 Å². The van der Waals surface area contributed by atoms with Crippen LogP contribution in [0.4, 0.5) is 17.1 Å². The molecule has 8 rings (SSSR count). The van der Waals surface area contributed by atoms with Crippen LogP contribution in [0.25, 0.3) is 10.4 Å². The molecule has 0 radical (unpaired) electrons. The SMILES string of the molecule is CC1(c2cccc(NC(=O)CCCCCCNC(=O)CNc3ccc4c(c3)CN(C3CCC(=O)NC3=O)C4=O)c2)C2CC(Nc3cccc(-c4sc(C(=O)O)c(OCC(=O)O)c4Cl)c3)CCN2S1(=O)=O. The van der Waals surface area contributed by atoms with Crippen molar-refractivity contribution in [1.29, 1.82) is 0 Å². The Labute approximate surface area is 412 Å². The highest BCUT2D eigenvalue weighted by Gasteiger charge is 2.65. The number of nitrogens with one attached hydrogen (secondary N) is 5. The molecule has 0 saturated carbocycles. The van der Waals surface area contributed by atoms with Gasteiger partial charge in [0.15, 0.2) is 17.2 Å². The number of rotatable bonds is 20. The smallest absolute Gasteiger partial charge is 0.349 e. The quantitative estimate of drug-likeness (QED) is 0.0419. The second-order valence-electron chi connectivity index (χ2n) is 17.8. The molecule has 3 aromatic carbocycles. The molecule has 4 aromatic rings. The van der Waals surface area contributed by atoms with Gasteiger partial charge in [-0.2, -0.15) is 4.31 Å². The fraction of sp³-hybridized carbons (Fsp3) is 0.396. The molecule has 4 aliphatic rings. The molecule has 4 atom stereocenters. The van der Waals surface area contributed by atoms with Gasteiger partial charge in [0, 0.05) is 61.1 Å². The first-order valence-electron chi connectivity index (χ1n) is 22.9. The number of unbranched alkanes of at least 4 members (excludes halogenated alkanes) is 3. The molecule has 70 heavy (non-hydrogen) atoms. The number of carboxylic acids is 2. The number of aromatic carboxylic acids is 1. The van der Waals surface area contributed by atoms with E-state index in [0.29, 0.717) is 77.4 Å². The molecule has 7 N–H and O–H groups in total. The van der Waals surface area contributed by atoms with Crippen LogP contribution in [0.5, 0.6) is 5.75 Å². The lowest BCUT2D eigenvalue weighted by atomic mass is 9.84. The van der Waals surface area contributed by atoms with Crippen LogP contribution >= 0.6 is 22.9 Å². The van der Waals surface area contributed by atoms with E-state index in [-0.39, 0.29) is 83.7 Å². The summed E-state index contributed by atoms with van der Waals surface area (Å²) in [6.45, 7) is 1.98. The number of carbonyl (C=O) groups excluding carboxylic acids is 5. The molecule has 4 unspecified atom stereocenters. The van der Waals surface area contributed by atoms with Gasteiger partial charge in [-0.05, 0) is 98.2 Å². The van der Waals surface area contributed by atoms with Gasteiger partial charge < -0.3 is 41.1 Å². The lowest BCUT2D eigenvalue weighted by molar-refractivity contribution is -0.139. The number of carbonyl (C=O) groups is 7. The van der Waals surface area contributed by atoms with E-state index >= 15 is 0 Å². The number of piperidine rings is 2. The number of thiophene rings is 1. The van der Waals surface area contributed by atoms with Gasteiger partial charge in [0.25, 0.3) is 5.91 Å². The zero-order chi connectivity index (χ0) is 49.9. The van der Waals surface area contributed by atoms with Gasteiger partial charge in [-0.25, -0.2) is 18.0 Å². The largest absolute Gasteiger partial charge is 0.479 e. The molecule has 22 heteroatoms. The summed E-state index contributed by atoms with van der Waals surface area (Å²) in [7, 11) is -3.72. The van der Waals surface area contributed by atoms with Crippen molar-refractivity contribution >= 4 is 91.5 Å². The van der Waals surface area contributed by atoms with E-state index in [1.54, 1.807) is 67.6 Å². The summed E-state index contributed by atoms with van der Waals surface area (Å²) in [6.07, 6.45) is 4.62. The summed E-state index contributed by atoms with van der Waals surface area (Å²) in [5.41, 5.74) is 4.23. The molecule has 0 spiro atoms. The minimum Gasteiger partial charge on any atom is -0.479 e. The van der Waals surface area contributed by atoms with Gasteiger partial charge in [0.05, 0.1) is 17.5 Å². The predicted octanol–water partition coefficient (Wildman–Crippen LogP) is 5.61. The zero-order valence-electron chi connectivity index (χ0n) is 38.0. The first-order chi connectivity index (χ1) is 33.4. The van der Waals surface area contributed by atoms with Crippen molar-refractivity contribution in [2.75, 3.05) is 42.2 Å². The Kier molecular flexibility index (Phi) is 14.8. The van der Waals surface area contributed by atoms with E-state index in [2.05, 4.69) is 26.6 Å². The van der Waals surface area contributed by atoms with Crippen LogP contribution in [0.2, 0.25) is 5.02 Å². The highest BCUT2D eigenvalue weighted by molar-refractivity contribution is 7.91. The molecular formula is C48H52ClN7O12S2. The Bertz CT molecular complexity index is 2880. The number of halogens is 1. The molecule has 3 fully saturated rings. The monoisotopic (exact) mass is 1020 g/mol. The molecule has 5 amide bonds. The maximum absolute atomic E-state index is 13.9. The number of hydrogen-bond acceptors (Lipinski definition) is 13. The third-order valence-electron chi connectivity index (χ3n) is 13.2. The fourth-order valence-electron chi connectivity index (χ4n) is 9.59. The highest BCUT2D eigenvalue weighted by atomic mass is 35.5. The van der Waals surface area contributed by atoms with Crippen LogP contribution in [0.15, 0.2) is 66.7 Å². The number of anilines is 3. The van der Waals surface area contributed by atoms with Crippen LogP contribution in [0.3, 0.4) is 0 Å². The topological polar surface area (TPSA) is 270 Å². The molecule has 370 valence electrons. The van der Waals surface area contributed by atoms with E-state index in [1.165, 1.54) is 9.21 Å². The average molecular weight is 1020 g/mol. The van der Waals surface area contributed by atoms with Gasteiger partial charge in [0.2, 0.25) is 33.7 Å². The van der Waals surface area contributed by atoms with Crippen molar-refractivity contribution in [3.05, 3.63) is 93.3 Å². The summed E-state index contributed by atoms with van der Waals surface area (Å²) in [4.78, 5) is 87.1. The van der Waals surface area contributed by atoms with Crippen LogP contribution in [0, 0.1) is 0 Å². The lowest BCUT2D eigenvalue weighted by Gasteiger charge is -2.58. The Hall–Kier alpha value is -6.55. The molecular weight excluding hydrogens is 966 g/mol. The van der Waals surface area contributed by atoms with Crippen molar-refractivity contribution in [3.63, 3.8) is 0 Å². The maximum Gasteiger partial charge on any atom is 0.349 e. The van der Waals surface area contributed by atoms with Gasteiger partial charge in [-0.3, -0.25) is 29.3 Å². The molecule has 3 saturated heterocycles. The number of benzene rings is 3. The van der Waals surface area contributed by atoms with Crippen molar-refractivity contribution in [3.8, 4) is 16.2 Å². The van der Waals surface area contributed by atoms with Gasteiger partial charge in [-0.15, -0.1) is 11.3 Å². The summed E-state index contributed by atoms with van der Waals surface area (Å²) in [5.74, 6) is -4.28. The zero-order valence-corrected chi connectivity index (χ0v) is 40.4. The molecule has 0 bridgehead atoms. The first-order valence-corrected chi connectivity index (χ1v) is 25.5. The summed E-state index contributed by atoms with van der Waals surface area (Å²) in [6, 6.07) is 18.1. The Morgan fingerprint density at radius 3 is 2.47 bits per heavy atom. The van der Waals surface area contributed by atoms with E-state index in [1.807, 2.05) is 6.07 Å². The standard InChI is InChI=1S/C48H52ClN7O12S2/c1-48(36-23-33(17-19-56(36)70(48,66)67)52-31-10-6-8-27(20-31)43-41(49)42(68-26-40(60)61)44(69-43)47(64)65)29-9-7-11-32(22-29)53-37(57)12-4-2-3-5-18-50-39(59)24-51-30-13-14-34-28(21-30)25-55(46(34)63)35-15-16-38(58)54-45(35)62/h6-11,13-14,20-22,33,35-36,51-52H,2-5,12,15-19,23-26H2,1H3,(H,50,59)(H,53,57)(H,60,61)(H,64,65)(H,54,58,62). The number of nitrogens with zero attached hydrogens (tertiary/aromatic N) is 2. The summed E-state index contributed by atoms with van der Waals surface area (Å²) >= 11 is 7.40. The number of fused-ring (bicyclic) bond motifs is 2. The summed E-state index contributed by atoms with van der Waals surface area (Å²) in [5, 5.41) is 33.5. The normalized spacial score (nSPS) is 21.4. The van der Waals surface area contributed by atoms with Crippen molar-refractivity contribution in [1.82, 2.24) is 19.8 Å². The third-order valence-corrected chi connectivity index (χ3v) is 17.5. The van der Waals surface area contributed by atoms with E-state index < -0.39 is 45.3 Å². The van der Waals surface area contributed by atoms with Gasteiger partial charge in [0.1, 0.15) is 15.8 Å². The number of imide groups is 1. The number of hydrogen-bond donors (Lipinski definition) is 7.